The first-order valence-corrected chi connectivity index (χ1v) is 7.19. The third-order valence-electron chi connectivity index (χ3n) is 4.16. The first-order chi connectivity index (χ1) is 10.5. The Hall–Kier alpha value is -2.63. The molecule has 0 aliphatic carbocycles. The van der Waals surface area contributed by atoms with Crippen molar-refractivity contribution >= 4 is 16.7 Å². The zero-order valence-corrected chi connectivity index (χ0v) is 12.7. The number of hydrogen-bond donors (Lipinski definition) is 0. The van der Waals surface area contributed by atoms with Gasteiger partial charge in [0.2, 0.25) is 0 Å². The lowest BCUT2D eigenvalue weighted by atomic mass is 9.83. The van der Waals surface area contributed by atoms with Gasteiger partial charge in [0, 0.05) is 5.56 Å². The third kappa shape index (κ3) is 1.83. The van der Waals surface area contributed by atoms with Crippen LogP contribution in [-0.4, -0.2) is 26.0 Å². The van der Waals surface area contributed by atoms with Gasteiger partial charge in [0.1, 0.15) is 5.75 Å². The fraction of sp³-hybridized carbons (Fsp3) is 0.312. The molecule has 0 saturated carbocycles. The number of aromatic nitrogens is 4. The number of esters is 1. The number of nitrogens with zero attached hydrogens (tertiary/aromatic N) is 4. The predicted octanol–water partition coefficient (Wildman–Crippen LogP) is 2.24. The van der Waals surface area contributed by atoms with Crippen LogP contribution in [0.25, 0.3) is 10.8 Å². The van der Waals surface area contributed by atoms with Crippen molar-refractivity contribution in [3.8, 4) is 5.75 Å². The summed E-state index contributed by atoms with van der Waals surface area (Å²) in [6, 6.07) is 10.2. The Balaban J connectivity index is 0.000000208. The molecule has 0 spiro atoms. The number of hydrogen-bond acceptors (Lipinski definition) is 4. The van der Waals surface area contributed by atoms with Crippen LogP contribution < -0.4 is 4.74 Å². The van der Waals surface area contributed by atoms with Crippen LogP contribution in [0.4, 0.5) is 0 Å². The Bertz CT molecular complexity index is 888. The molecule has 6 nitrogen and oxygen atoms in total. The maximum Gasteiger partial charge on any atom is 0.321 e. The molecule has 2 aliphatic rings. The minimum absolute atomic E-state index is 0.165. The number of aryl methyl sites for hydroxylation is 1. The number of carbonyl (C=O) groups is 1. The van der Waals surface area contributed by atoms with Crippen LogP contribution in [-0.2, 0) is 16.9 Å². The summed E-state index contributed by atoms with van der Waals surface area (Å²) in [6.45, 7) is 6.81. The summed E-state index contributed by atoms with van der Waals surface area (Å²) in [5.41, 5.74) is 1.66. The van der Waals surface area contributed by atoms with Crippen LogP contribution in [0.1, 0.15) is 25.0 Å². The van der Waals surface area contributed by atoms with Gasteiger partial charge in [-0.15, -0.1) is 9.59 Å². The number of carbonyl (C=O) groups excluding carboxylic acids is 1. The van der Waals surface area contributed by atoms with E-state index in [4.69, 9.17) is 4.74 Å². The van der Waals surface area contributed by atoms with Gasteiger partial charge >= 0.3 is 5.97 Å². The van der Waals surface area contributed by atoms with Gasteiger partial charge in [-0.25, -0.2) is 0 Å². The van der Waals surface area contributed by atoms with Crippen molar-refractivity contribution < 1.29 is 9.53 Å². The predicted molar refractivity (Wildman–Crippen MR) is 80.8 cm³/mol. The summed E-state index contributed by atoms with van der Waals surface area (Å²) in [6.07, 6.45) is 0. The highest BCUT2D eigenvalue weighted by Crippen LogP contribution is 2.43. The van der Waals surface area contributed by atoms with E-state index in [2.05, 4.69) is 35.5 Å². The van der Waals surface area contributed by atoms with Crippen molar-refractivity contribution in [2.75, 3.05) is 0 Å². The normalized spacial score (nSPS) is 16.6. The molecule has 3 aromatic rings. The molecule has 22 heavy (non-hydrogen) atoms. The molecule has 0 unspecified atom stereocenters. The van der Waals surface area contributed by atoms with Crippen LogP contribution in [0.15, 0.2) is 30.3 Å². The molecule has 2 aromatic carbocycles. The molecular formula is C16H16N4O2. The molecule has 0 bridgehead atoms. The highest BCUT2D eigenvalue weighted by Gasteiger charge is 2.42. The smallest absolute Gasteiger partial charge is 0.321 e. The SMILES string of the molecule is C1n2nnn21.Cc1ccc2ccc3c(c2c1)C(C)(C)C(=O)O3. The summed E-state index contributed by atoms with van der Waals surface area (Å²) in [7, 11) is 0. The average Bonchev–Trinajstić information content (AvgIpc) is 2.95. The standard InChI is InChI=1S/C15H14O2.CH2N4/c1-9-4-5-10-6-7-12-13(11(10)8-9)15(2,3)14(16)17-12;1-4-2-3-5(1)4/h4-8H,1-3H3;1H2. The lowest BCUT2D eigenvalue weighted by Gasteiger charge is -2.15. The number of fused-ring (bicyclic) bond motifs is 4. The van der Waals surface area contributed by atoms with E-state index in [1.54, 1.807) is 9.59 Å². The van der Waals surface area contributed by atoms with Crippen LogP contribution >= 0.6 is 0 Å². The zero-order chi connectivity index (χ0) is 15.5. The maximum atomic E-state index is 11.9. The van der Waals surface area contributed by atoms with E-state index in [9.17, 15) is 4.79 Å². The topological polar surface area (TPSA) is 61.9 Å². The van der Waals surface area contributed by atoms with E-state index in [-0.39, 0.29) is 5.97 Å². The second kappa shape index (κ2) is 4.19. The second-order valence-corrected chi connectivity index (χ2v) is 6.24. The van der Waals surface area contributed by atoms with E-state index >= 15 is 0 Å². The fourth-order valence-electron chi connectivity index (χ4n) is 2.77. The lowest BCUT2D eigenvalue weighted by Crippen LogP contribution is -2.26. The first kappa shape index (κ1) is 13.1. The molecule has 0 saturated heterocycles. The molecule has 5 rings (SSSR count). The number of benzene rings is 2. The Morgan fingerprint density at radius 2 is 1.82 bits per heavy atom. The average molecular weight is 296 g/mol. The number of rotatable bonds is 0. The molecule has 0 radical (unpaired) electrons. The number of ether oxygens (including phenoxy) is 1. The Kier molecular flexibility index (Phi) is 2.49. The van der Waals surface area contributed by atoms with E-state index in [1.807, 2.05) is 26.0 Å². The highest BCUT2D eigenvalue weighted by atomic mass is 16.5. The van der Waals surface area contributed by atoms with E-state index in [0.717, 1.165) is 23.0 Å². The molecule has 1 aromatic heterocycles. The van der Waals surface area contributed by atoms with Crippen LogP contribution in [0, 0.1) is 6.92 Å². The van der Waals surface area contributed by atoms with Crippen molar-refractivity contribution in [3.63, 3.8) is 0 Å². The maximum absolute atomic E-state index is 11.9. The van der Waals surface area contributed by atoms with Gasteiger partial charge in [0.25, 0.3) is 0 Å². The fourth-order valence-corrected chi connectivity index (χ4v) is 2.77. The van der Waals surface area contributed by atoms with E-state index in [1.165, 1.54) is 5.56 Å². The molecule has 112 valence electrons. The van der Waals surface area contributed by atoms with Crippen molar-refractivity contribution in [3.05, 3.63) is 41.5 Å². The molecule has 0 amide bonds. The van der Waals surface area contributed by atoms with Crippen LogP contribution in [0.3, 0.4) is 0 Å². The largest absolute Gasteiger partial charge is 0.426 e. The Morgan fingerprint density at radius 3 is 2.41 bits per heavy atom. The monoisotopic (exact) mass is 296 g/mol. The summed E-state index contributed by atoms with van der Waals surface area (Å²) >= 11 is 0. The zero-order valence-electron chi connectivity index (χ0n) is 12.7. The van der Waals surface area contributed by atoms with Crippen molar-refractivity contribution in [1.82, 2.24) is 20.0 Å². The van der Waals surface area contributed by atoms with Gasteiger partial charge in [-0.2, -0.15) is 0 Å². The summed E-state index contributed by atoms with van der Waals surface area (Å²) in [5.74, 6) is 0.541. The summed E-state index contributed by atoms with van der Waals surface area (Å²) in [5, 5.41) is 9.33. The first-order valence-electron chi connectivity index (χ1n) is 7.19. The summed E-state index contributed by atoms with van der Waals surface area (Å²) in [4.78, 5) is 15.4. The second-order valence-electron chi connectivity index (χ2n) is 6.24. The van der Waals surface area contributed by atoms with Crippen LogP contribution in [0.2, 0.25) is 0 Å². The van der Waals surface area contributed by atoms with Gasteiger partial charge < -0.3 is 4.74 Å². The van der Waals surface area contributed by atoms with Gasteiger partial charge in [-0.3, -0.25) is 4.79 Å². The Labute approximate surface area is 127 Å². The van der Waals surface area contributed by atoms with Crippen molar-refractivity contribution in [2.45, 2.75) is 32.9 Å². The summed E-state index contributed by atoms with van der Waals surface area (Å²) < 4.78 is 5.33. The third-order valence-corrected chi connectivity index (χ3v) is 4.16. The molecule has 0 atom stereocenters. The molecule has 6 heteroatoms. The van der Waals surface area contributed by atoms with Gasteiger partial charge in [-0.1, -0.05) is 29.8 Å². The van der Waals surface area contributed by atoms with Gasteiger partial charge in [-0.05, 0) is 48.0 Å². The van der Waals surface area contributed by atoms with E-state index < -0.39 is 5.41 Å². The minimum atomic E-state index is -0.553. The lowest BCUT2D eigenvalue weighted by molar-refractivity contribution is -0.137. The minimum Gasteiger partial charge on any atom is -0.426 e. The van der Waals surface area contributed by atoms with Crippen molar-refractivity contribution in [1.29, 1.82) is 0 Å². The van der Waals surface area contributed by atoms with E-state index in [0.29, 0.717) is 5.75 Å². The Morgan fingerprint density at radius 1 is 1.14 bits per heavy atom. The van der Waals surface area contributed by atoms with Crippen molar-refractivity contribution in [2.24, 2.45) is 0 Å². The molecule has 2 aliphatic heterocycles. The molecular weight excluding hydrogens is 280 g/mol. The highest BCUT2D eigenvalue weighted by molar-refractivity contribution is 6.00. The van der Waals surface area contributed by atoms with Gasteiger partial charge in [0.15, 0.2) is 6.67 Å². The molecule has 0 N–H and O–H groups in total. The van der Waals surface area contributed by atoms with Gasteiger partial charge in [0.05, 0.1) is 5.41 Å². The molecule has 3 heterocycles. The molecule has 0 fully saturated rings. The quantitative estimate of drug-likeness (QED) is 0.369. The van der Waals surface area contributed by atoms with Crippen LogP contribution in [0.5, 0.6) is 5.75 Å².